The largest absolute Gasteiger partial charge is 0.490 e. The van der Waals surface area contributed by atoms with Gasteiger partial charge in [-0.05, 0) is 53.8 Å². The van der Waals surface area contributed by atoms with Gasteiger partial charge < -0.3 is 14.8 Å². The number of carbonyl (C=O) groups is 2. The first-order valence-corrected chi connectivity index (χ1v) is 8.59. The van der Waals surface area contributed by atoms with Crippen LogP contribution in [0.25, 0.3) is 0 Å². The number of rotatable bonds is 7. The van der Waals surface area contributed by atoms with Gasteiger partial charge in [-0.15, -0.1) is 0 Å². The third-order valence-electron chi connectivity index (χ3n) is 2.96. The molecule has 24 heavy (non-hydrogen) atoms. The molecule has 0 aliphatic rings. The Morgan fingerprint density at radius 3 is 2.71 bits per heavy atom. The van der Waals surface area contributed by atoms with Crippen molar-refractivity contribution in [1.82, 2.24) is 0 Å². The lowest BCUT2D eigenvalue weighted by atomic mass is 10.2. The molecule has 0 unspecified atom stereocenters. The first kappa shape index (κ1) is 18.5. The number of amides is 1. The van der Waals surface area contributed by atoms with Gasteiger partial charge in [0.2, 0.25) is 0 Å². The molecule has 0 atom stereocenters. The number of aldehydes is 1. The monoisotopic (exact) mass is 459 g/mol. The molecule has 0 saturated carbocycles. The minimum Gasteiger partial charge on any atom is -0.490 e. The second-order valence-corrected chi connectivity index (χ2v) is 6.27. The van der Waals surface area contributed by atoms with E-state index in [0.29, 0.717) is 37.9 Å². The smallest absolute Gasteiger partial charge is 0.262 e. The fourth-order valence-electron chi connectivity index (χ4n) is 1.95. The molecule has 126 valence electrons. The third kappa shape index (κ3) is 4.85. The second kappa shape index (κ2) is 8.89. The van der Waals surface area contributed by atoms with E-state index in [4.69, 9.17) is 21.1 Å². The molecule has 2 rings (SSSR count). The molecule has 7 heteroatoms. The van der Waals surface area contributed by atoms with Crippen LogP contribution >= 0.6 is 34.2 Å². The Bertz CT molecular complexity index is 751. The fourth-order valence-corrected chi connectivity index (χ4v) is 2.91. The fraction of sp³-hybridized carbons (Fsp3) is 0.176. The molecule has 1 amide bonds. The van der Waals surface area contributed by atoms with Crippen molar-refractivity contribution < 1.29 is 19.1 Å². The van der Waals surface area contributed by atoms with Crippen LogP contribution in [-0.4, -0.2) is 25.4 Å². The highest BCUT2D eigenvalue weighted by Crippen LogP contribution is 2.34. The van der Waals surface area contributed by atoms with Gasteiger partial charge in [0.1, 0.15) is 6.29 Å². The SMILES string of the molecule is CCOc1cc(C=O)cc(I)c1OCC(=O)Nc1ccccc1Cl. The van der Waals surface area contributed by atoms with Crippen LogP contribution < -0.4 is 14.8 Å². The Balaban J connectivity index is 2.09. The Hall–Kier alpha value is -1.80. The van der Waals surface area contributed by atoms with Crippen molar-refractivity contribution in [3.05, 3.63) is 50.6 Å². The molecule has 1 N–H and O–H groups in total. The highest BCUT2D eigenvalue weighted by molar-refractivity contribution is 14.1. The van der Waals surface area contributed by atoms with E-state index in [9.17, 15) is 9.59 Å². The summed E-state index contributed by atoms with van der Waals surface area (Å²) in [5, 5.41) is 3.13. The third-order valence-corrected chi connectivity index (χ3v) is 4.09. The average Bonchev–Trinajstić information content (AvgIpc) is 2.56. The number of halogens is 2. The summed E-state index contributed by atoms with van der Waals surface area (Å²) < 4.78 is 11.8. The van der Waals surface area contributed by atoms with Crippen LogP contribution in [0.3, 0.4) is 0 Å². The summed E-state index contributed by atoms with van der Waals surface area (Å²) in [7, 11) is 0. The molecule has 5 nitrogen and oxygen atoms in total. The summed E-state index contributed by atoms with van der Waals surface area (Å²) in [6, 6.07) is 10.2. The van der Waals surface area contributed by atoms with E-state index < -0.39 is 0 Å². The number of para-hydroxylation sites is 1. The van der Waals surface area contributed by atoms with E-state index >= 15 is 0 Å². The Kier molecular flexibility index (Phi) is 6.86. The van der Waals surface area contributed by atoms with Gasteiger partial charge in [0.05, 0.1) is 20.9 Å². The molecular weight excluding hydrogens is 445 g/mol. The zero-order chi connectivity index (χ0) is 17.5. The number of ether oxygens (including phenoxy) is 2. The minimum absolute atomic E-state index is 0.207. The van der Waals surface area contributed by atoms with Gasteiger partial charge in [-0.25, -0.2) is 0 Å². The maximum atomic E-state index is 12.0. The van der Waals surface area contributed by atoms with Crippen molar-refractivity contribution in [2.45, 2.75) is 6.92 Å². The van der Waals surface area contributed by atoms with E-state index in [1.807, 2.05) is 29.5 Å². The Morgan fingerprint density at radius 1 is 1.29 bits per heavy atom. The lowest BCUT2D eigenvalue weighted by molar-refractivity contribution is -0.118. The van der Waals surface area contributed by atoms with Crippen LogP contribution in [0, 0.1) is 3.57 Å². The maximum absolute atomic E-state index is 12.0. The summed E-state index contributed by atoms with van der Waals surface area (Å²) in [5.41, 5.74) is 1.000. The zero-order valence-electron chi connectivity index (χ0n) is 12.8. The van der Waals surface area contributed by atoms with E-state index in [0.717, 1.165) is 6.29 Å². The molecule has 0 saturated heterocycles. The van der Waals surface area contributed by atoms with Gasteiger partial charge in [0.15, 0.2) is 18.1 Å². The van der Waals surface area contributed by atoms with Crippen molar-refractivity contribution in [2.75, 3.05) is 18.5 Å². The van der Waals surface area contributed by atoms with E-state index in [-0.39, 0.29) is 12.5 Å². The van der Waals surface area contributed by atoms with Gasteiger partial charge in [0, 0.05) is 5.56 Å². The molecule has 2 aromatic carbocycles. The summed E-state index contributed by atoms with van der Waals surface area (Å²) in [6.07, 6.45) is 0.735. The van der Waals surface area contributed by atoms with E-state index in [1.54, 1.807) is 36.4 Å². The minimum atomic E-state index is -0.346. The highest BCUT2D eigenvalue weighted by Gasteiger charge is 2.14. The van der Waals surface area contributed by atoms with Crippen LogP contribution in [0.4, 0.5) is 5.69 Å². The molecular formula is C17H15ClINO4. The van der Waals surface area contributed by atoms with Crippen LogP contribution in [0.1, 0.15) is 17.3 Å². The first-order chi connectivity index (χ1) is 11.5. The van der Waals surface area contributed by atoms with E-state index in [2.05, 4.69) is 5.32 Å². The molecule has 0 radical (unpaired) electrons. The van der Waals surface area contributed by atoms with Gasteiger partial charge in [0.25, 0.3) is 5.91 Å². The molecule has 0 fully saturated rings. The lowest BCUT2D eigenvalue weighted by Gasteiger charge is -2.14. The topological polar surface area (TPSA) is 64.6 Å². The zero-order valence-corrected chi connectivity index (χ0v) is 15.8. The molecule has 0 aliphatic heterocycles. The van der Waals surface area contributed by atoms with Gasteiger partial charge in [-0.1, -0.05) is 23.7 Å². The Morgan fingerprint density at radius 2 is 2.04 bits per heavy atom. The van der Waals surface area contributed by atoms with Crippen LogP contribution in [0.2, 0.25) is 5.02 Å². The number of nitrogens with one attached hydrogen (secondary N) is 1. The van der Waals surface area contributed by atoms with Crippen molar-refractivity contribution in [1.29, 1.82) is 0 Å². The van der Waals surface area contributed by atoms with Gasteiger partial charge in [-0.2, -0.15) is 0 Å². The quantitative estimate of drug-likeness (QED) is 0.498. The predicted octanol–water partition coefficient (Wildman–Crippen LogP) is 4.17. The number of benzene rings is 2. The Labute approximate surface area is 158 Å². The molecule has 0 aromatic heterocycles. The van der Waals surface area contributed by atoms with E-state index in [1.165, 1.54) is 0 Å². The van der Waals surface area contributed by atoms with Crippen LogP contribution in [0.5, 0.6) is 11.5 Å². The van der Waals surface area contributed by atoms with Gasteiger partial charge in [-0.3, -0.25) is 9.59 Å². The molecule has 0 heterocycles. The summed E-state index contributed by atoms with van der Waals surface area (Å²) in [5.74, 6) is 0.509. The normalized spacial score (nSPS) is 10.1. The number of hydrogen-bond acceptors (Lipinski definition) is 4. The highest BCUT2D eigenvalue weighted by atomic mass is 127. The van der Waals surface area contributed by atoms with Crippen molar-refractivity contribution in [3.8, 4) is 11.5 Å². The molecule has 0 bridgehead atoms. The van der Waals surface area contributed by atoms with Crippen molar-refractivity contribution in [2.24, 2.45) is 0 Å². The molecule has 0 aliphatic carbocycles. The lowest BCUT2D eigenvalue weighted by Crippen LogP contribution is -2.21. The maximum Gasteiger partial charge on any atom is 0.262 e. The summed E-state index contributed by atoms with van der Waals surface area (Å²) in [4.78, 5) is 23.0. The predicted molar refractivity (Wildman–Crippen MR) is 101 cm³/mol. The number of carbonyl (C=O) groups excluding carboxylic acids is 2. The first-order valence-electron chi connectivity index (χ1n) is 7.13. The van der Waals surface area contributed by atoms with Crippen LogP contribution in [0.15, 0.2) is 36.4 Å². The standard InChI is InChI=1S/C17H15ClINO4/c1-2-23-15-8-11(9-21)7-13(19)17(15)24-10-16(22)20-14-6-4-3-5-12(14)18/h3-9H,2,10H2,1H3,(H,20,22). The number of hydrogen-bond donors (Lipinski definition) is 1. The average molecular weight is 460 g/mol. The summed E-state index contributed by atoms with van der Waals surface area (Å²) >= 11 is 8.03. The number of anilines is 1. The van der Waals surface area contributed by atoms with Crippen LogP contribution in [-0.2, 0) is 4.79 Å². The molecule has 2 aromatic rings. The van der Waals surface area contributed by atoms with Crippen molar-refractivity contribution >= 4 is 52.1 Å². The summed E-state index contributed by atoms with van der Waals surface area (Å²) in [6.45, 7) is 2.04. The van der Waals surface area contributed by atoms with Gasteiger partial charge >= 0.3 is 0 Å². The second-order valence-electron chi connectivity index (χ2n) is 4.70. The molecule has 0 spiro atoms. The van der Waals surface area contributed by atoms with Crippen molar-refractivity contribution in [3.63, 3.8) is 0 Å².